The van der Waals surface area contributed by atoms with Crippen molar-refractivity contribution in [2.24, 2.45) is 0 Å². The number of rotatable bonds is 1. The predicted molar refractivity (Wildman–Crippen MR) is 80.3 cm³/mol. The molecule has 0 aliphatic carbocycles. The first-order chi connectivity index (χ1) is 9.18. The van der Waals surface area contributed by atoms with E-state index in [4.69, 9.17) is 0 Å². The fourth-order valence-corrected chi connectivity index (χ4v) is 2.66. The van der Waals surface area contributed by atoms with Gasteiger partial charge in [-0.1, -0.05) is 18.2 Å². The summed E-state index contributed by atoms with van der Waals surface area (Å²) in [5, 5.41) is 0. The van der Waals surface area contributed by atoms with Gasteiger partial charge in [-0.2, -0.15) is 0 Å². The molecular weight excluding hydrogens is 234 g/mol. The standard InChI is InChI=1S/C16H19N3/c1-12-7-4-5-8-14(12)19-11-13(2)18(3)16-15(19)9-6-10-17-16/h4-10,13H,11H2,1-3H3/t13-/m1/s1. The van der Waals surface area contributed by atoms with Crippen LogP contribution in [0, 0.1) is 6.92 Å². The second-order valence-electron chi connectivity index (χ2n) is 5.20. The summed E-state index contributed by atoms with van der Waals surface area (Å²) in [6.45, 7) is 5.39. The molecule has 98 valence electrons. The lowest BCUT2D eigenvalue weighted by molar-refractivity contribution is 0.651. The zero-order valence-corrected chi connectivity index (χ0v) is 11.7. The number of likely N-dealkylation sites (N-methyl/N-ethyl adjacent to an activating group) is 1. The van der Waals surface area contributed by atoms with Crippen molar-refractivity contribution in [3.63, 3.8) is 0 Å². The summed E-state index contributed by atoms with van der Waals surface area (Å²) < 4.78 is 0. The fourth-order valence-electron chi connectivity index (χ4n) is 2.66. The van der Waals surface area contributed by atoms with Crippen LogP contribution in [0.2, 0.25) is 0 Å². The van der Waals surface area contributed by atoms with Crippen molar-refractivity contribution in [2.75, 3.05) is 23.4 Å². The van der Waals surface area contributed by atoms with E-state index in [1.165, 1.54) is 16.9 Å². The molecule has 1 aliphatic rings. The van der Waals surface area contributed by atoms with E-state index >= 15 is 0 Å². The zero-order valence-electron chi connectivity index (χ0n) is 11.7. The van der Waals surface area contributed by atoms with Gasteiger partial charge in [0.2, 0.25) is 0 Å². The maximum Gasteiger partial charge on any atom is 0.152 e. The van der Waals surface area contributed by atoms with Crippen molar-refractivity contribution >= 4 is 17.2 Å². The molecule has 1 aromatic carbocycles. The third-order valence-electron chi connectivity index (χ3n) is 3.91. The van der Waals surface area contributed by atoms with Crippen molar-refractivity contribution in [3.8, 4) is 0 Å². The van der Waals surface area contributed by atoms with Crippen LogP contribution in [0.5, 0.6) is 0 Å². The first-order valence-electron chi connectivity index (χ1n) is 6.69. The number of para-hydroxylation sites is 1. The fraction of sp³-hybridized carbons (Fsp3) is 0.312. The highest BCUT2D eigenvalue weighted by Gasteiger charge is 2.27. The molecule has 1 atom stereocenters. The Morgan fingerprint density at radius 3 is 2.63 bits per heavy atom. The van der Waals surface area contributed by atoms with Gasteiger partial charge in [0.25, 0.3) is 0 Å². The lowest BCUT2D eigenvalue weighted by atomic mass is 10.1. The van der Waals surface area contributed by atoms with Crippen LogP contribution in [0.25, 0.3) is 0 Å². The Morgan fingerprint density at radius 2 is 1.84 bits per heavy atom. The molecule has 0 amide bonds. The van der Waals surface area contributed by atoms with E-state index < -0.39 is 0 Å². The van der Waals surface area contributed by atoms with Crippen molar-refractivity contribution < 1.29 is 0 Å². The normalized spacial score (nSPS) is 18.4. The Morgan fingerprint density at radius 1 is 1.11 bits per heavy atom. The highest BCUT2D eigenvalue weighted by molar-refractivity contribution is 5.78. The summed E-state index contributed by atoms with van der Waals surface area (Å²) >= 11 is 0. The largest absolute Gasteiger partial charge is 0.353 e. The van der Waals surface area contributed by atoms with Gasteiger partial charge in [0, 0.05) is 31.5 Å². The SMILES string of the molecule is Cc1ccccc1N1C[C@@H](C)N(C)c2ncccc21. The molecule has 2 aromatic rings. The summed E-state index contributed by atoms with van der Waals surface area (Å²) in [4.78, 5) is 9.17. The van der Waals surface area contributed by atoms with E-state index in [2.05, 4.69) is 66.0 Å². The number of fused-ring (bicyclic) bond motifs is 1. The lowest BCUT2D eigenvalue weighted by Crippen LogP contribution is -2.44. The molecule has 3 nitrogen and oxygen atoms in total. The number of nitrogens with zero attached hydrogens (tertiary/aromatic N) is 3. The van der Waals surface area contributed by atoms with Gasteiger partial charge in [-0.05, 0) is 37.6 Å². The Kier molecular flexibility index (Phi) is 2.90. The van der Waals surface area contributed by atoms with E-state index in [1.54, 1.807) is 0 Å². The van der Waals surface area contributed by atoms with Crippen molar-refractivity contribution in [1.29, 1.82) is 0 Å². The van der Waals surface area contributed by atoms with Crippen LogP contribution in [-0.2, 0) is 0 Å². The Balaban J connectivity index is 2.13. The van der Waals surface area contributed by atoms with Gasteiger partial charge in [0.05, 0.1) is 5.69 Å². The molecule has 0 saturated heterocycles. The van der Waals surface area contributed by atoms with E-state index in [1.807, 2.05) is 12.3 Å². The third-order valence-corrected chi connectivity index (χ3v) is 3.91. The Hall–Kier alpha value is -2.03. The Labute approximate surface area is 114 Å². The van der Waals surface area contributed by atoms with Crippen molar-refractivity contribution in [2.45, 2.75) is 19.9 Å². The minimum absolute atomic E-state index is 0.446. The number of aryl methyl sites for hydroxylation is 1. The highest BCUT2D eigenvalue weighted by atomic mass is 15.3. The first-order valence-corrected chi connectivity index (χ1v) is 6.69. The molecule has 1 aromatic heterocycles. The van der Waals surface area contributed by atoms with E-state index in [-0.39, 0.29) is 0 Å². The molecule has 0 spiro atoms. The molecule has 0 fully saturated rings. The molecule has 3 rings (SSSR count). The lowest BCUT2D eigenvalue weighted by Gasteiger charge is -2.40. The number of hydrogen-bond donors (Lipinski definition) is 0. The second-order valence-corrected chi connectivity index (χ2v) is 5.20. The number of anilines is 3. The Bertz CT molecular complexity index is 594. The molecule has 0 radical (unpaired) electrons. The summed E-state index contributed by atoms with van der Waals surface area (Å²) in [7, 11) is 2.12. The molecule has 0 saturated carbocycles. The summed E-state index contributed by atoms with van der Waals surface area (Å²) in [6, 6.07) is 13.1. The van der Waals surface area contributed by atoms with Gasteiger partial charge in [-0.15, -0.1) is 0 Å². The predicted octanol–water partition coefficient (Wildman–Crippen LogP) is 3.37. The van der Waals surface area contributed by atoms with Gasteiger partial charge >= 0.3 is 0 Å². The van der Waals surface area contributed by atoms with Crippen molar-refractivity contribution in [3.05, 3.63) is 48.2 Å². The van der Waals surface area contributed by atoms with Crippen LogP contribution in [-0.4, -0.2) is 24.6 Å². The second kappa shape index (κ2) is 4.57. The number of pyridine rings is 1. The van der Waals surface area contributed by atoms with Gasteiger partial charge in [-0.3, -0.25) is 0 Å². The van der Waals surface area contributed by atoms with Crippen LogP contribution >= 0.6 is 0 Å². The monoisotopic (exact) mass is 253 g/mol. The first kappa shape index (κ1) is 12.0. The molecule has 0 unspecified atom stereocenters. The van der Waals surface area contributed by atoms with E-state index in [9.17, 15) is 0 Å². The highest BCUT2D eigenvalue weighted by Crippen LogP contribution is 2.38. The maximum absolute atomic E-state index is 4.54. The van der Waals surface area contributed by atoms with Gasteiger partial charge < -0.3 is 9.80 Å². The van der Waals surface area contributed by atoms with E-state index in [0.717, 1.165) is 12.4 Å². The number of hydrogen-bond acceptors (Lipinski definition) is 3. The molecule has 2 heterocycles. The zero-order chi connectivity index (χ0) is 13.4. The third kappa shape index (κ3) is 1.95. The maximum atomic E-state index is 4.54. The smallest absolute Gasteiger partial charge is 0.152 e. The average molecular weight is 253 g/mol. The quantitative estimate of drug-likeness (QED) is 0.776. The van der Waals surface area contributed by atoms with Crippen LogP contribution in [0.3, 0.4) is 0 Å². The summed E-state index contributed by atoms with van der Waals surface area (Å²) in [6.07, 6.45) is 1.86. The average Bonchev–Trinajstić information content (AvgIpc) is 2.44. The van der Waals surface area contributed by atoms with Crippen LogP contribution in [0.4, 0.5) is 17.2 Å². The molecule has 3 heteroatoms. The number of aromatic nitrogens is 1. The topological polar surface area (TPSA) is 19.4 Å². The summed E-state index contributed by atoms with van der Waals surface area (Å²) in [5.41, 5.74) is 3.77. The molecule has 1 aliphatic heterocycles. The number of benzene rings is 1. The van der Waals surface area contributed by atoms with Gasteiger partial charge in [-0.25, -0.2) is 4.98 Å². The van der Waals surface area contributed by atoms with Crippen LogP contribution < -0.4 is 9.80 Å². The van der Waals surface area contributed by atoms with Gasteiger partial charge in [0.1, 0.15) is 0 Å². The molecule has 0 N–H and O–H groups in total. The van der Waals surface area contributed by atoms with Crippen molar-refractivity contribution in [1.82, 2.24) is 4.98 Å². The minimum Gasteiger partial charge on any atom is -0.353 e. The van der Waals surface area contributed by atoms with E-state index in [0.29, 0.717) is 6.04 Å². The molecule has 19 heavy (non-hydrogen) atoms. The minimum atomic E-state index is 0.446. The van der Waals surface area contributed by atoms with Crippen LogP contribution in [0.1, 0.15) is 12.5 Å². The molecule has 0 bridgehead atoms. The molecular formula is C16H19N3. The van der Waals surface area contributed by atoms with Crippen LogP contribution in [0.15, 0.2) is 42.6 Å². The summed E-state index contributed by atoms with van der Waals surface area (Å²) in [5.74, 6) is 1.06. The van der Waals surface area contributed by atoms with Gasteiger partial charge in [0.15, 0.2) is 5.82 Å².